The van der Waals surface area contributed by atoms with Crippen LogP contribution >= 0.6 is 11.8 Å². The lowest BCUT2D eigenvalue weighted by molar-refractivity contribution is 0.0773. The number of carbonyl (C=O) groups is 2. The molecule has 5 heteroatoms. The molecule has 0 heterocycles. The molecule has 1 N–H and O–H groups in total. The van der Waals surface area contributed by atoms with Crippen molar-refractivity contribution in [3.63, 3.8) is 0 Å². The molecule has 2 rings (SSSR count). The van der Waals surface area contributed by atoms with Gasteiger partial charge in [-0.2, -0.15) is 0 Å². The van der Waals surface area contributed by atoms with Gasteiger partial charge in [-0.3, -0.25) is 9.59 Å². The summed E-state index contributed by atoms with van der Waals surface area (Å²) in [5, 5.41) is 2.88. The molecular weight excluding hydrogens is 320 g/mol. The van der Waals surface area contributed by atoms with Crippen molar-refractivity contribution < 1.29 is 9.59 Å². The molecule has 0 radical (unpaired) electrons. The first kappa shape index (κ1) is 18.1. The van der Waals surface area contributed by atoms with E-state index in [4.69, 9.17) is 0 Å². The van der Waals surface area contributed by atoms with Crippen LogP contribution in [-0.4, -0.2) is 36.1 Å². The zero-order chi connectivity index (χ0) is 17.5. The van der Waals surface area contributed by atoms with Crippen molar-refractivity contribution in [2.24, 2.45) is 0 Å². The Kier molecular flexibility index (Phi) is 6.44. The Morgan fingerprint density at radius 1 is 1.00 bits per heavy atom. The summed E-state index contributed by atoms with van der Waals surface area (Å²) in [6, 6.07) is 14.5. The summed E-state index contributed by atoms with van der Waals surface area (Å²) in [6.07, 6.45) is 1.94. The first-order chi connectivity index (χ1) is 11.6. The number of hydrogen-bond donors (Lipinski definition) is 1. The molecule has 0 aliphatic rings. The monoisotopic (exact) mass is 342 g/mol. The van der Waals surface area contributed by atoms with E-state index in [-0.39, 0.29) is 11.8 Å². The Morgan fingerprint density at radius 2 is 1.62 bits per heavy atom. The van der Waals surface area contributed by atoms with E-state index in [1.54, 1.807) is 35.2 Å². The van der Waals surface area contributed by atoms with Crippen LogP contribution in [0.25, 0.3) is 0 Å². The van der Waals surface area contributed by atoms with Crippen molar-refractivity contribution in [2.45, 2.75) is 18.7 Å². The molecule has 0 bridgehead atoms. The Hall–Kier alpha value is -2.27. The smallest absolute Gasteiger partial charge is 0.256 e. The molecule has 0 atom stereocenters. The third kappa shape index (κ3) is 4.17. The number of anilines is 1. The summed E-state index contributed by atoms with van der Waals surface area (Å²) in [4.78, 5) is 27.4. The van der Waals surface area contributed by atoms with Crippen LogP contribution in [-0.2, 0) is 0 Å². The Morgan fingerprint density at radius 3 is 2.21 bits per heavy atom. The van der Waals surface area contributed by atoms with Crippen molar-refractivity contribution in [3.8, 4) is 0 Å². The molecule has 2 aromatic carbocycles. The zero-order valence-electron chi connectivity index (χ0n) is 14.2. The van der Waals surface area contributed by atoms with E-state index in [0.717, 1.165) is 4.90 Å². The van der Waals surface area contributed by atoms with Gasteiger partial charge in [0.2, 0.25) is 0 Å². The predicted octanol–water partition coefficient (Wildman–Crippen LogP) is 4.14. The molecular formula is C19H22N2O2S. The summed E-state index contributed by atoms with van der Waals surface area (Å²) < 4.78 is 0. The van der Waals surface area contributed by atoms with E-state index in [1.165, 1.54) is 11.8 Å². The maximum absolute atomic E-state index is 12.4. The van der Waals surface area contributed by atoms with E-state index in [2.05, 4.69) is 5.32 Å². The molecule has 0 saturated heterocycles. The summed E-state index contributed by atoms with van der Waals surface area (Å²) >= 11 is 1.54. The van der Waals surface area contributed by atoms with Crippen LogP contribution in [0.4, 0.5) is 5.69 Å². The molecule has 0 fully saturated rings. The minimum Gasteiger partial charge on any atom is -0.339 e. The fourth-order valence-electron chi connectivity index (χ4n) is 2.42. The summed E-state index contributed by atoms with van der Waals surface area (Å²) in [6.45, 7) is 5.27. The molecule has 2 aromatic rings. The largest absolute Gasteiger partial charge is 0.339 e. The first-order valence-electron chi connectivity index (χ1n) is 7.94. The van der Waals surface area contributed by atoms with Gasteiger partial charge in [-0.15, -0.1) is 11.8 Å². The van der Waals surface area contributed by atoms with Crippen molar-refractivity contribution in [2.75, 3.05) is 24.7 Å². The highest BCUT2D eigenvalue weighted by Gasteiger charge is 2.13. The lowest BCUT2D eigenvalue weighted by atomic mass is 10.1. The van der Waals surface area contributed by atoms with E-state index < -0.39 is 0 Å². The molecule has 126 valence electrons. The van der Waals surface area contributed by atoms with Crippen LogP contribution in [0.5, 0.6) is 0 Å². The summed E-state index contributed by atoms with van der Waals surface area (Å²) in [7, 11) is 0. The highest BCUT2D eigenvalue weighted by atomic mass is 32.2. The second kappa shape index (κ2) is 8.55. The average Bonchev–Trinajstić information content (AvgIpc) is 2.63. The first-order valence-corrected chi connectivity index (χ1v) is 9.16. The summed E-state index contributed by atoms with van der Waals surface area (Å²) in [5.74, 6) is -0.145. The Labute approximate surface area is 147 Å². The van der Waals surface area contributed by atoms with Gasteiger partial charge in [-0.1, -0.05) is 12.1 Å². The van der Waals surface area contributed by atoms with Crippen molar-refractivity contribution >= 4 is 29.3 Å². The van der Waals surface area contributed by atoms with Gasteiger partial charge in [0, 0.05) is 29.2 Å². The van der Waals surface area contributed by atoms with Gasteiger partial charge in [0.15, 0.2) is 0 Å². The average molecular weight is 342 g/mol. The molecule has 4 nitrogen and oxygen atoms in total. The minimum absolute atomic E-state index is 0.00519. The molecule has 2 amide bonds. The van der Waals surface area contributed by atoms with Gasteiger partial charge >= 0.3 is 0 Å². The third-order valence-electron chi connectivity index (χ3n) is 3.79. The molecule has 24 heavy (non-hydrogen) atoms. The fourth-order valence-corrected chi connectivity index (χ4v) is 3.02. The topological polar surface area (TPSA) is 49.4 Å². The molecule has 0 aliphatic carbocycles. The second-order valence-corrected chi connectivity index (χ2v) is 6.06. The lowest BCUT2D eigenvalue weighted by Crippen LogP contribution is -2.30. The molecule has 0 aliphatic heterocycles. The van der Waals surface area contributed by atoms with Crippen LogP contribution < -0.4 is 5.32 Å². The van der Waals surface area contributed by atoms with E-state index in [0.29, 0.717) is 29.9 Å². The van der Waals surface area contributed by atoms with Gasteiger partial charge in [-0.05, 0) is 56.5 Å². The molecule has 0 aromatic heterocycles. The number of amides is 2. The van der Waals surface area contributed by atoms with E-state index in [1.807, 2.05) is 38.3 Å². The molecule has 0 saturated carbocycles. The maximum atomic E-state index is 12.4. The van der Waals surface area contributed by atoms with Crippen LogP contribution in [0, 0.1) is 0 Å². The van der Waals surface area contributed by atoms with Gasteiger partial charge in [0.25, 0.3) is 11.8 Å². The number of benzene rings is 2. The summed E-state index contributed by atoms with van der Waals surface area (Å²) in [5.41, 5.74) is 1.95. The zero-order valence-corrected chi connectivity index (χ0v) is 15.0. The number of carbonyl (C=O) groups excluding carboxylic acids is 2. The lowest BCUT2D eigenvalue weighted by Gasteiger charge is -2.18. The predicted molar refractivity (Wildman–Crippen MR) is 99.9 cm³/mol. The highest BCUT2D eigenvalue weighted by Crippen LogP contribution is 2.21. The van der Waals surface area contributed by atoms with Crippen molar-refractivity contribution in [1.82, 2.24) is 4.90 Å². The number of nitrogens with zero attached hydrogens (tertiary/aromatic N) is 1. The molecule has 0 unspecified atom stereocenters. The van der Waals surface area contributed by atoms with Crippen LogP contribution in [0.2, 0.25) is 0 Å². The highest BCUT2D eigenvalue weighted by molar-refractivity contribution is 7.98. The number of hydrogen-bond acceptors (Lipinski definition) is 3. The van der Waals surface area contributed by atoms with E-state index >= 15 is 0 Å². The quantitative estimate of drug-likeness (QED) is 0.803. The second-order valence-electron chi connectivity index (χ2n) is 5.21. The Balaban J connectivity index is 2.11. The Bertz CT molecular complexity index is 710. The number of nitrogens with one attached hydrogen (secondary N) is 1. The minimum atomic E-state index is -0.150. The van der Waals surface area contributed by atoms with Gasteiger partial charge in [-0.25, -0.2) is 0 Å². The van der Waals surface area contributed by atoms with E-state index in [9.17, 15) is 9.59 Å². The normalized spacial score (nSPS) is 10.3. The van der Waals surface area contributed by atoms with Crippen LogP contribution in [0.3, 0.4) is 0 Å². The number of thioether (sulfide) groups is 1. The standard InChI is InChI=1S/C19H22N2O2S/c1-4-21(5-2)19(23)14-10-12-15(13-11-14)20-18(22)16-8-6-7-9-17(16)24-3/h6-13H,4-5H2,1-3H3,(H,20,22). The van der Waals surface area contributed by atoms with Gasteiger partial charge in [0.05, 0.1) is 5.56 Å². The van der Waals surface area contributed by atoms with Gasteiger partial charge < -0.3 is 10.2 Å². The fraction of sp³-hybridized carbons (Fsp3) is 0.263. The van der Waals surface area contributed by atoms with Crippen molar-refractivity contribution in [1.29, 1.82) is 0 Å². The van der Waals surface area contributed by atoms with Crippen LogP contribution in [0.1, 0.15) is 34.6 Å². The van der Waals surface area contributed by atoms with Crippen molar-refractivity contribution in [3.05, 3.63) is 59.7 Å². The van der Waals surface area contributed by atoms with Crippen LogP contribution in [0.15, 0.2) is 53.4 Å². The molecule has 0 spiro atoms. The third-order valence-corrected chi connectivity index (χ3v) is 4.59. The SMILES string of the molecule is CCN(CC)C(=O)c1ccc(NC(=O)c2ccccc2SC)cc1. The number of rotatable bonds is 6. The maximum Gasteiger partial charge on any atom is 0.256 e. The van der Waals surface area contributed by atoms with Gasteiger partial charge in [0.1, 0.15) is 0 Å².